The number of methoxy groups -OCH3 is 1. The third kappa shape index (κ3) is 4.92. The lowest BCUT2D eigenvalue weighted by Crippen LogP contribution is -2.48. The molecule has 0 unspecified atom stereocenters. The standard InChI is InChI=1S/C22H27N3O4/c1-27-19-5-2-4-18(15-19)25-10-8-24(9-11-25)16-22(26)23-17-6-7-20-21(14-17)29-13-3-12-28-20/h2,4-7,14-15H,3,8-13,16H2,1H3,(H,23,26). The van der Waals surface area contributed by atoms with Gasteiger partial charge in [-0.05, 0) is 24.3 Å². The van der Waals surface area contributed by atoms with Gasteiger partial charge in [-0.25, -0.2) is 0 Å². The Labute approximate surface area is 171 Å². The van der Waals surface area contributed by atoms with Gasteiger partial charge in [0.15, 0.2) is 11.5 Å². The molecule has 2 aliphatic rings. The van der Waals surface area contributed by atoms with Crippen molar-refractivity contribution in [2.75, 3.05) is 63.3 Å². The van der Waals surface area contributed by atoms with Crippen LogP contribution in [0.1, 0.15) is 6.42 Å². The Bertz CT molecular complexity index is 850. The molecule has 2 aromatic carbocycles. The normalized spacial score (nSPS) is 16.8. The number of nitrogens with one attached hydrogen (secondary N) is 1. The molecule has 7 nitrogen and oxygen atoms in total. The Balaban J connectivity index is 1.28. The van der Waals surface area contributed by atoms with Gasteiger partial charge in [0.2, 0.25) is 5.91 Å². The smallest absolute Gasteiger partial charge is 0.238 e. The Hall–Kier alpha value is -2.93. The number of rotatable bonds is 5. The van der Waals surface area contributed by atoms with E-state index in [2.05, 4.69) is 21.2 Å². The molecule has 2 aliphatic heterocycles. The van der Waals surface area contributed by atoms with E-state index < -0.39 is 0 Å². The molecule has 4 rings (SSSR count). The second kappa shape index (κ2) is 9.05. The number of hydrogen-bond acceptors (Lipinski definition) is 6. The zero-order valence-corrected chi connectivity index (χ0v) is 16.7. The van der Waals surface area contributed by atoms with Crippen LogP contribution in [0.15, 0.2) is 42.5 Å². The van der Waals surface area contributed by atoms with Crippen LogP contribution in [0.4, 0.5) is 11.4 Å². The predicted octanol–water partition coefficient (Wildman–Crippen LogP) is 2.62. The molecular formula is C22H27N3O4. The summed E-state index contributed by atoms with van der Waals surface area (Å²) in [5.41, 5.74) is 1.88. The van der Waals surface area contributed by atoms with Crippen LogP contribution >= 0.6 is 0 Å². The van der Waals surface area contributed by atoms with Gasteiger partial charge in [0.05, 0.1) is 26.9 Å². The molecule has 0 spiro atoms. The average Bonchev–Trinajstić information content (AvgIpc) is 2.99. The summed E-state index contributed by atoms with van der Waals surface area (Å²) in [5.74, 6) is 2.26. The summed E-state index contributed by atoms with van der Waals surface area (Å²) in [6, 6.07) is 13.6. The van der Waals surface area contributed by atoms with Crippen molar-refractivity contribution in [1.29, 1.82) is 0 Å². The number of anilines is 2. The van der Waals surface area contributed by atoms with Crippen LogP contribution in [0.3, 0.4) is 0 Å². The van der Waals surface area contributed by atoms with Crippen molar-refractivity contribution < 1.29 is 19.0 Å². The predicted molar refractivity (Wildman–Crippen MR) is 112 cm³/mol. The largest absolute Gasteiger partial charge is 0.497 e. The molecule has 0 radical (unpaired) electrons. The fourth-order valence-electron chi connectivity index (χ4n) is 3.62. The van der Waals surface area contributed by atoms with Crippen molar-refractivity contribution in [1.82, 2.24) is 4.90 Å². The Morgan fingerprint density at radius 3 is 2.62 bits per heavy atom. The van der Waals surface area contributed by atoms with Crippen LogP contribution in [0.25, 0.3) is 0 Å². The van der Waals surface area contributed by atoms with Crippen LogP contribution in [-0.2, 0) is 4.79 Å². The number of nitrogens with zero attached hydrogens (tertiary/aromatic N) is 2. The van der Waals surface area contributed by atoms with Crippen LogP contribution in [0.5, 0.6) is 17.2 Å². The van der Waals surface area contributed by atoms with Crippen molar-refractivity contribution >= 4 is 17.3 Å². The maximum absolute atomic E-state index is 12.5. The van der Waals surface area contributed by atoms with Crippen molar-refractivity contribution in [3.8, 4) is 17.2 Å². The topological polar surface area (TPSA) is 63.3 Å². The maximum atomic E-state index is 12.5. The summed E-state index contributed by atoms with van der Waals surface area (Å²) in [7, 11) is 1.68. The second-order valence-corrected chi connectivity index (χ2v) is 7.22. The first-order chi connectivity index (χ1) is 14.2. The van der Waals surface area contributed by atoms with E-state index >= 15 is 0 Å². The van der Waals surface area contributed by atoms with Crippen LogP contribution < -0.4 is 24.4 Å². The number of benzene rings is 2. The summed E-state index contributed by atoms with van der Waals surface area (Å²) in [5, 5.41) is 2.97. The fraction of sp³-hybridized carbons (Fsp3) is 0.409. The fourth-order valence-corrected chi connectivity index (χ4v) is 3.62. The summed E-state index contributed by atoms with van der Waals surface area (Å²) in [4.78, 5) is 17.0. The molecule has 0 aromatic heterocycles. The molecule has 7 heteroatoms. The van der Waals surface area contributed by atoms with Gasteiger partial charge in [0, 0.05) is 56.1 Å². The number of fused-ring (bicyclic) bond motifs is 1. The number of carbonyl (C=O) groups is 1. The molecule has 1 fully saturated rings. The molecule has 2 aromatic rings. The van der Waals surface area contributed by atoms with Gasteiger partial charge >= 0.3 is 0 Å². The van der Waals surface area contributed by atoms with E-state index in [-0.39, 0.29) is 5.91 Å². The van der Waals surface area contributed by atoms with Gasteiger partial charge in [-0.2, -0.15) is 0 Å². The van der Waals surface area contributed by atoms with Gasteiger partial charge in [-0.1, -0.05) is 6.07 Å². The highest BCUT2D eigenvalue weighted by Crippen LogP contribution is 2.32. The molecule has 1 N–H and O–H groups in total. The molecule has 29 heavy (non-hydrogen) atoms. The molecule has 0 atom stereocenters. The van der Waals surface area contributed by atoms with Crippen LogP contribution in [0, 0.1) is 0 Å². The van der Waals surface area contributed by atoms with Gasteiger partial charge in [-0.15, -0.1) is 0 Å². The highest BCUT2D eigenvalue weighted by Gasteiger charge is 2.20. The quantitative estimate of drug-likeness (QED) is 0.837. The minimum absolute atomic E-state index is 0.0191. The highest BCUT2D eigenvalue weighted by atomic mass is 16.5. The van der Waals surface area contributed by atoms with E-state index in [0.717, 1.165) is 55.5 Å². The number of ether oxygens (including phenoxy) is 3. The van der Waals surface area contributed by atoms with E-state index in [9.17, 15) is 4.79 Å². The molecule has 1 amide bonds. The maximum Gasteiger partial charge on any atom is 0.238 e. The zero-order chi connectivity index (χ0) is 20.1. The summed E-state index contributed by atoms with van der Waals surface area (Å²) in [6.07, 6.45) is 0.859. The average molecular weight is 397 g/mol. The van der Waals surface area contributed by atoms with Gasteiger partial charge < -0.3 is 24.4 Å². The molecule has 2 heterocycles. The molecule has 0 saturated carbocycles. The number of carbonyl (C=O) groups excluding carboxylic acids is 1. The number of hydrogen-bond donors (Lipinski definition) is 1. The van der Waals surface area contributed by atoms with Gasteiger partial charge in [-0.3, -0.25) is 9.69 Å². The van der Waals surface area contributed by atoms with E-state index in [1.165, 1.54) is 0 Å². The molecular weight excluding hydrogens is 370 g/mol. The summed E-state index contributed by atoms with van der Waals surface area (Å²) < 4.78 is 16.6. The van der Waals surface area contributed by atoms with Gasteiger partial charge in [0.1, 0.15) is 5.75 Å². The second-order valence-electron chi connectivity index (χ2n) is 7.22. The minimum Gasteiger partial charge on any atom is -0.497 e. The lowest BCUT2D eigenvalue weighted by Gasteiger charge is -2.35. The first-order valence-electron chi connectivity index (χ1n) is 10.0. The van der Waals surface area contributed by atoms with Gasteiger partial charge in [0.25, 0.3) is 0 Å². The lowest BCUT2D eigenvalue weighted by atomic mass is 10.2. The Morgan fingerprint density at radius 1 is 1.03 bits per heavy atom. The first kappa shape index (κ1) is 19.4. The molecule has 1 saturated heterocycles. The van der Waals surface area contributed by atoms with Crippen LogP contribution in [0.2, 0.25) is 0 Å². The molecule has 0 aliphatic carbocycles. The first-order valence-corrected chi connectivity index (χ1v) is 10.0. The monoisotopic (exact) mass is 397 g/mol. The summed E-state index contributed by atoms with van der Waals surface area (Å²) >= 11 is 0. The third-order valence-electron chi connectivity index (χ3n) is 5.19. The van der Waals surface area contributed by atoms with Crippen molar-refractivity contribution in [2.24, 2.45) is 0 Å². The molecule has 154 valence electrons. The van der Waals surface area contributed by atoms with E-state index in [0.29, 0.717) is 25.5 Å². The zero-order valence-electron chi connectivity index (χ0n) is 16.7. The van der Waals surface area contributed by atoms with Crippen molar-refractivity contribution in [3.05, 3.63) is 42.5 Å². The van der Waals surface area contributed by atoms with E-state index in [1.54, 1.807) is 7.11 Å². The Morgan fingerprint density at radius 2 is 1.83 bits per heavy atom. The minimum atomic E-state index is -0.0191. The Kier molecular flexibility index (Phi) is 6.05. The third-order valence-corrected chi connectivity index (χ3v) is 5.19. The molecule has 0 bridgehead atoms. The summed E-state index contributed by atoms with van der Waals surface area (Å²) in [6.45, 7) is 5.09. The highest BCUT2D eigenvalue weighted by molar-refractivity contribution is 5.92. The van der Waals surface area contributed by atoms with Crippen molar-refractivity contribution in [2.45, 2.75) is 6.42 Å². The van der Waals surface area contributed by atoms with E-state index in [4.69, 9.17) is 14.2 Å². The van der Waals surface area contributed by atoms with Crippen LogP contribution in [-0.4, -0.2) is 63.9 Å². The number of piperazine rings is 1. The lowest BCUT2D eigenvalue weighted by molar-refractivity contribution is -0.117. The van der Waals surface area contributed by atoms with E-state index in [1.807, 2.05) is 36.4 Å². The van der Waals surface area contributed by atoms with Crippen molar-refractivity contribution in [3.63, 3.8) is 0 Å². The SMILES string of the molecule is COc1cccc(N2CCN(CC(=O)Nc3ccc4c(c3)OCCCO4)CC2)c1. The number of amides is 1.